The summed E-state index contributed by atoms with van der Waals surface area (Å²) in [6.45, 7) is 12.1. The molecular weight excluding hydrogens is 344 g/mol. The molecule has 118 valence electrons. The van der Waals surface area contributed by atoms with Gasteiger partial charge in [-0.25, -0.2) is 0 Å². The number of anilines is 1. The molecule has 1 fully saturated rings. The summed E-state index contributed by atoms with van der Waals surface area (Å²) >= 11 is 5.86. The predicted molar refractivity (Wildman–Crippen MR) is 99.5 cm³/mol. The molecule has 21 heavy (non-hydrogen) atoms. The molecule has 1 aromatic carbocycles. The summed E-state index contributed by atoms with van der Waals surface area (Å²) in [4.78, 5) is 2.52. The Balaban J connectivity index is 2.04. The van der Waals surface area contributed by atoms with Crippen LogP contribution in [0.25, 0.3) is 0 Å². The molecule has 1 saturated heterocycles. The van der Waals surface area contributed by atoms with Crippen molar-refractivity contribution in [2.45, 2.75) is 51.4 Å². The van der Waals surface area contributed by atoms with Crippen LogP contribution in [0, 0.1) is 0 Å². The van der Waals surface area contributed by atoms with Crippen LogP contribution in [0.4, 0.5) is 5.69 Å². The molecule has 0 spiro atoms. The highest BCUT2D eigenvalue weighted by Crippen LogP contribution is 2.29. The molecule has 4 heteroatoms. The average Bonchev–Trinajstić information content (AvgIpc) is 2.45. The third kappa shape index (κ3) is 5.19. The van der Waals surface area contributed by atoms with E-state index in [1.807, 2.05) is 0 Å². The van der Waals surface area contributed by atoms with Gasteiger partial charge in [0.25, 0.3) is 0 Å². The lowest BCUT2D eigenvalue weighted by Gasteiger charge is -2.34. The first kappa shape index (κ1) is 17.2. The zero-order chi connectivity index (χ0) is 15.5. The molecule has 0 bridgehead atoms. The van der Waals surface area contributed by atoms with Crippen molar-refractivity contribution in [2.24, 2.45) is 0 Å². The molecule has 2 nitrogen and oxygen atoms in total. The fourth-order valence-electron chi connectivity index (χ4n) is 2.44. The maximum atomic E-state index is 3.74. The van der Waals surface area contributed by atoms with Crippen molar-refractivity contribution in [1.82, 2.24) is 5.32 Å². The Morgan fingerprint density at radius 2 is 2.14 bits per heavy atom. The molecule has 1 N–H and O–H groups in total. The van der Waals surface area contributed by atoms with Crippen molar-refractivity contribution >= 4 is 33.4 Å². The lowest BCUT2D eigenvalue weighted by molar-refractivity contribution is 0.424. The minimum absolute atomic E-state index is 0.149. The van der Waals surface area contributed by atoms with Crippen LogP contribution in [0.3, 0.4) is 0 Å². The van der Waals surface area contributed by atoms with Crippen LogP contribution in [-0.4, -0.2) is 29.6 Å². The van der Waals surface area contributed by atoms with Crippen LogP contribution in [0.1, 0.15) is 39.7 Å². The topological polar surface area (TPSA) is 15.3 Å². The van der Waals surface area contributed by atoms with Gasteiger partial charge < -0.3 is 10.2 Å². The van der Waals surface area contributed by atoms with Gasteiger partial charge in [-0.3, -0.25) is 0 Å². The van der Waals surface area contributed by atoms with E-state index in [4.69, 9.17) is 0 Å². The first-order valence-corrected chi connectivity index (χ1v) is 9.63. The van der Waals surface area contributed by atoms with Gasteiger partial charge in [-0.2, -0.15) is 11.8 Å². The fraction of sp³-hybridized carbons (Fsp3) is 0.647. The maximum absolute atomic E-state index is 3.74. The minimum atomic E-state index is 0.149. The summed E-state index contributed by atoms with van der Waals surface area (Å²) in [6.07, 6.45) is 1.26. The van der Waals surface area contributed by atoms with Crippen LogP contribution in [-0.2, 0) is 6.54 Å². The molecule has 0 saturated carbocycles. The van der Waals surface area contributed by atoms with Gasteiger partial charge in [-0.1, -0.05) is 28.9 Å². The molecule has 0 aromatic heterocycles. The van der Waals surface area contributed by atoms with E-state index in [0.717, 1.165) is 18.3 Å². The van der Waals surface area contributed by atoms with Gasteiger partial charge in [0.2, 0.25) is 0 Å². The third-order valence-corrected chi connectivity index (χ3v) is 5.92. The second-order valence-electron chi connectivity index (χ2n) is 6.73. The molecule has 2 rings (SSSR count). The third-order valence-electron chi connectivity index (χ3n) is 3.81. The van der Waals surface area contributed by atoms with E-state index in [9.17, 15) is 0 Å². The number of halogens is 1. The van der Waals surface area contributed by atoms with Gasteiger partial charge in [-0.05, 0) is 44.9 Å². The van der Waals surface area contributed by atoms with Crippen LogP contribution >= 0.6 is 27.7 Å². The van der Waals surface area contributed by atoms with E-state index in [0.29, 0.717) is 0 Å². The standard InChI is InChI=1S/C17H27BrN2S/c1-5-15-12-20(8-9-21-15)14-7-6-13(16(18)10-14)11-19-17(2,3)4/h6-7,10,15,19H,5,8-9,11-12H2,1-4H3. The maximum Gasteiger partial charge on any atom is 0.0378 e. The normalized spacial score (nSPS) is 19.9. The lowest BCUT2D eigenvalue weighted by Crippen LogP contribution is -2.37. The van der Waals surface area contributed by atoms with Crippen molar-refractivity contribution in [3.63, 3.8) is 0 Å². The van der Waals surface area contributed by atoms with Gasteiger partial charge >= 0.3 is 0 Å². The zero-order valence-electron chi connectivity index (χ0n) is 13.6. The van der Waals surface area contributed by atoms with Crippen molar-refractivity contribution in [1.29, 1.82) is 0 Å². The quantitative estimate of drug-likeness (QED) is 0.828. The smallest absolute Gasteiger partial charge is 0.0378 e. The molecule has 1 aliphatic heterocycles. The second kappa shape index (κ2) is 7.38. The highest BCUT2D eigenvalue weighted by Gasteiger charge is 2.19. The molecule has 0 radical (unpaired) electrons. The molecule has 0 aliphatic carbocycles. The Morgan fingerprint density at radius 3 is 2.76 bits per heavy atom. The zero-order valence-corrected chi connectivity index (χ0v) is 16.0. The predicted octanol–water partition coefficient (Wildman–Crippen LogP) is 4.67. The first-order chi connectivity index (χ1) is 9.89. The van der Waals surface area contributed by atoms with Crippen LogP contribution < -0.4 is 10.2 Å². The average molecular weight is 371 g/mol. The van der Waals surface area contributed by atoms with E-state index in [-0.39, 0.29) is 5.54 Å². The van der Waals surface area contributed by atoms with Crippen molar-refractivity contribution in [3.8, 4) is 0 Å². The van der Waals surface area contributed by atoms with Gasteiger partial charge in [0.05, 0.1) is 0 Å². The Bertz CT molecular complexity index is 470. The van der Waals surface area contributed by atoms with Crippen molar-refractivity contribution in [3.05, 3.63) is 28.2 Å². The Labute approximate surface area is 142 Å². The molecule has 1 atom stereocenters. The summed E-state index contributed by atoms with van der Waals surface area (Å²) in [5.41, 5.74) is 2.82. The number of hydrogen-bond donors (Lipinski definition) is 1. The number of thioether (sulfide) groups is 1. The first-order valence-electron chi connectivity index (χ1n) is 7.79. The van der Waals surface area contributed by atoms with Crippen LogP contribution in [0.2, 0.25) is 0 Å². The van der Waals surface area contributed by atoms with E-state index < -0.39 is 0 Å². The highest BCUT2D eigenvalue weighted by molar-refractivity contribution is 9.10. The number of nitrogens with one attached hydrogen (secondary N) is 1. The molecule has 0 amide bonds. The Kier molecular flexibility index (Phi) is 6.04. The number of benzene rings is 1. The summed E-state index contributed by atoms with van der Waals surface area (Å²) < 4.78 is 1.21. The van der Waals surface area contributed by atoms with Gasteiger partial charge in [-0.15, -0.1) is 0 Å². The lowest BCUT2D eigenvalue weighted by atomic mass is 10.1. The van der Waals surface area contributed by atoms with E-state index in [1.165, 1.54) is 34.4 Å². The van der Waals surface area contributed by atoms with Crippen LogP contribution in [0.5, 0.6) is 0 Å². The molecular formula is C17H27BrN2S. The summed E-state index contributed by atoms with van der Waals surface area (Å²) in [5, 5.41) is 4.32. The Morgan fingerprint density at radius 1 is 1.38 bits per heavy atom. The number of hydrogen-bond acceptors (Lipinski definition) is 3. The monoisotopic (exact) mass is 370 g/mol. The van der Waals surface area contributed by atoms with Crippen LogP contribution in [0.15, 0.2) is 22.7 Å². The van der Waals surface area contributed by atoms with Crippen molar-refractivity contribution in [2.75, 3.05) is 23.7 Å². The molecule has 1 unspecified atom stereocenters. The van der Waals surface area contributed by atoms with E-state index in [2.05, 4.69) is 83.8 Å². The number of rotatable bonds is 4. The van der Waals surface area contributed by atoms with E-state index in [1.54, 1.807) is 0 Å². The number of nitrogens with zero attached hydrogens (tertiary/aromatic N) is 1. The fourth-order valence-corrected chi connectivity index (χ4v) is 4.12. The molecule has 1 aliphatic rings. The SMILES string of the molecule is CCC1CN(c2ccc(CNC(C)(C)C)c(Br)c2)CCS1. The van der Waals surface area contributed by atoms with Gasteiger partial charge in [0, 0.05) is 46.3 Å². The van der Waals surface area contributed by atoms with Crippen molar-refractivity contribution < 1.29 is 0 Å². The second-order valence-corrected chi connectivity index (χ2v) is 8.99. The largest absolute Gasteiger partial charge is 0.370 e. The summed E-state index contributed by atoms with van der Waals surface area (Å²) in [7, 11) is 0. The van der Waals surface area contributed by atoms with Gasteiger partial charge in [0.15, 0.2) is 0 Å². The summed E-state index contributed by atoms with van der Waals surface area (Å²) in [6, 6.07) is 6.80. The highest BCUT2D eigenvalue weighted by atomic mass is 79.9. The summed E-state index contributed by atoms with van der Waals surface area (Å²) in [5.74, 6) is 1.24. The van der Waals surface area contributed by atoms with Gasteiger partial charge in [0.1, 0.15) is 0 Å². The molecule has 1 aromatic rings. The minimum Gasteiger partial charge on any atom is -0.370 e. The molecule has 1 heterocycles. The Hall–Kier alpha value is -0.190. The van der Waals surface area contributed by atoms with E-state index >= 15 is 0 Å².